The Kier molecular flexibility index (Phi) is 4.54. The van der Waals surface area contributed by atoms with Crippen molar-refractivity contribution in [3.63, 3.8) is 0 Å². The van der Waals surface area contributed by atoms with Crippen molar-refractivity contribution in [3.05, 3.63) is 50.7 Å². The standard InChI is InChI=1S/C15H8Cl3FN2O3/c16-7-2-8(17)10(19)1-6(7)15(23)21-11-4-13-12(3-9(11)18)20-14(22)5-24-13/h1-4H,5H2,(H,20,22)(H,21,23). The number of halogens is 4. The van der Waals surface area contributed by atoms with Crippen molar-refractivity contribution in [3.8, 4) is 5.75 Å². The van der Waals surface area contributed by atoms with Crippen molar-refractivity contribution >= 4 is 58.0 Å². The lowest BCUT2D eigenvalue weighted by atomic mass is 10.2. The lowest BCUT2D eigenvalue weighted by Gasteiger charge is -2.19. The van der Waals surface area contributed by atoms with Gasteiger partial charge in [0, 0.05) is 6.07 Å². The summed E-state index contributed by atoms with van der Waals surface area (Å²) in [5.41, 5.74) is 0.523. The summed E-state index contributed by atoms with van der Waals surface area (Å²) in [6.07, 6.45) is 0. The molecule has 2 N–H and O–H groups in total. The van der Waals surface area contributed by atoms with Crippen molar-refractivity contribution in [1.29, 1.82) is 0 Å². The molecule has 0 saturated carbocycles. The van der Waals surface area contributed by atoms with Crippen LogP contribution in [0.4, 0.5) is 15.8 Å². The number of hydrogen-bond donors (Lipinski definition) is 2. The molecule has 0 unspecified atom stereocenters. The molecule has 124 valence electrons. The third-order valence-electron chi connectivity index (χ3n) is 3.20. The van der Waals surface area contributed by atoms with Gasteiger partial charge >= 0.3 is 0 Å². The number of carbonyl (C=O) groups excluding carboxylic acids is 2. The molecule has 0 bridgehead atoms. The zero-order valence-corrected chi connectivity index (χ0v) is 14.0. The van der Waals surface area contributed by atoms with Gasteiger partial charge in [-0.25, -0.2) is 4.39 Å². The van der Waals surface area contributed by atoms with Crippen molar-refractivity contribution < 1.29 is 18.7 Å². The fourth-order valence-corrected chi connectivity index (χ4v) is 2.76. The zero-order chi connectivity index (χ0) is 17.4. The number of fused-ring (bicyclic) bond motifs is 1. The van der Waals surface area contributed by atoms with E-state index in [1.54, 1.807) is 0 Å². The highest BCUT2D eigenvalue weighted by molar-refractivity contribution is 6.38. The molecule has 0 atom stereocenters. The monoisotopic (exact) mass is 388 g/mol. The molecule has 2 aromatic rings. The molecule has 5 nitrogen and oxygen atoms in total. The van der Waals surface area contributed by atoms with Gasteiger partial charge in [-0.2, -0.15) is 0 Å². The number of anilines is 2. The van der Waals surface area contributed by atoms with E-state index < -0.39 is 11.7 Å². The van der Waals surface area contributed by atoms with Gasteiger partial charge in [0.05, 0.1) is 32.0 Å². The van der Waals surface area contributed by atoms with Crippen LogP contribution in [0, 0.1) is 5.82 Å². The molecule has 24 heavy (non-hydrogen) atoms. The van der Waals surface area contributed by atoms with Crippen LogP contribution in [0.2, 0.25) is 15.1 Å². The number of ether oxygens (including phenoxy) is 1. The number of nitrogens with one attached hydrogen (secondary N) is 2. The van der Waals surface area contributed by atoms with E-state index in [1.807, 2.05) is 0 Å². The van der Waals surface area contributed by atoms with Crippen LogP contribution in [0.1, 0.15) is 10.4 Å². The number of carbonyl (C=O) groups is 2. The minimum Gasteiger partial charge on any atom is -0.482 e. The Morgan fingerprint density at radius 3 is 2.62 bits per heavy atom. The molecule has 1 aliphatic heterocycles. The Bertz CT molecular complexity index is 874. The fraction of sp³-hybridized carbons (Fsp3) is 0.0667. The van der Waals surface area contributed by atoms with E-state index in [9.17, 15) is 14.0 Å². The van der Waals surface area contributed by atoms with Gasteiger partial charge in [0.2, 0.25) is 0 Å². The predicted octanol–water partition coefficient (Wildman–Crippen LogP) is 4.37. The van der Waals surface area contributed by atoms with Crippen molar-refractivity contribution in [2.45, 2.75) is 0 Å². The predicted molar refractivity (Wildman–Crippen MR) is 89.9 cm³/mol. The third-order valence-corrected chi connectivity index (χ3v) is 4.12. The van der Waals surface area contributed by atoms with Crippen LogP contribution in [0.3, 0.4) is 0 Å². The van der Waals surface area contributed by atoms with E-state index in [2.05, 4.69) is 10.6 Å². The van der Waals surface area contributed by atoms with Crippen molar-refractivity contribution in [2.75, 3.05) is 17.2 Å². The Morgan fingerprint density at radius 2 is 1.88 bits per heavy atom. The first-order valence-corrected chi connectivity index (χ1v) is 7.70. The van der Waals surface area contributed by atoms with Gasteiger partial charge in [-0.3, -0.25) is 9.59 Å². The fourth-order valence-electron chi connectivity index (χ4n) is 2.08. The van der Waals surface area contributed by atoms with E-state index in [1.165, 1.54) is 12.1 Å². The van der Waals surface area contributed by atoms with E-state index in [0.717, 1.165) is 12.1 Å². The quantitative estimate of drug-likeness (QED) is 0.750. The first-order chi connectivity index (χ1) is 11.3. The third kappa shape index (κ3) is 3.26. The molecule has 0 saturated heterocycles. The highest BCUT2D eigenvalue weighted by Crippen LogP contribution is 2.36. The molecule has 0 aliphatic carbocycles. The Labute approximate surface area is 150 Å². The second-order valence-corrected chi connectivity index (χ2v) is 6.09. The Morgan fingerprint density at radius 1 is 1.12 bits per heavy atom. The molecule has 1 heterocycles. The van der Waals surface area contributed by atoms with Crippen LogP contribution in [0.5, 0.6) is 5.75 Å². The Balaban J connectivity index is 1.90. The van der Waals surface area contributed by atoms with E-state index in [-0.39, 0.29) is 38.8 Å². The first kappa shape index (κ1) is 16.8. The minimum atomic E-state index is -0.770. The van der Waals surface area contributed by atoms with Gasteiger partial charge in [-0.05, 0) is 18.2 Å². The van der Waals surface area contributed by atoms with Gasteiger partial charge in [0.1, 0.15) is 11.6 Å². The maximum Gasteiger partial charge on any atom is 0.262 e. The molecule has 3 rings (SSSR count). The van der Waals surface area contributed by atoms with Gasteiger partial charge in [0.25, 0.3) is 11.8 Å². The van der Waals surface area contributed by atoms with Crippen LogP contribution in [-0.2, 0) is 4.79 Å². The van der Waals surface area contributed by atoms with E-state index >= 15 is 0 Å². The molecule has 2 amide bonds. The molecular formula is C15H8Cl3FN2O3. The van der Waals surface area contributed by atoms with Crippen LogP contribution >= 0.6 is 34.8 Å². The van der Waals surface area contributed by atoms with Crippen molar-refractivity contribution in [1.82, 2.24) is 0 Å². The summed E-state index contributed by atoms with van der Waals surface area (Å²) in [5, 5.41) is 5.08. The maximum atomic E-state index is 13.5. The van der Waals surface area contributed by atoms with E-state index in [4.69, 9.17) is 39.5 Å². The molecule has 9 heteroatoms. The summed E-state index contributed by atoms with van der Waals surface area (Å²) in [4.78, 5) is 23.6. The van der Waals surface area contributed by atoms with Crippen LogP contribution < -0.4 is 15.4 Å². The summed E-state index contributed by atoms with van der Waals surface area (Å²) in [7, 11) is 0. The highest BCUT2D eigenvalue weighted by Gasteiger charge is 2.20. The van der Waals surface area contributed by atoms with Gasteiger partial charge in [-0.15, -0.1) is 0 Å². The molecule has 1 aliphatic rings. The van der Waals surface area contributed by atoms with Crippen LogP contribution in [0.25, 0.3) is 0 Å². The summed E-state index contributed by atoms with van der Waals surface area (Å²) < 4.78 is 18.8. The van der Waals surface area contributed by atoms with Crippen molar-refractivity contribution in [2.24, 2.45) is 0 Å². The summed E-state index contributed by atoms with van der Waals surface area (Å²) in [5.74, 6) is -1.40. The SMILES string of the molecule is O=C1COc2cc(NC(=O)c3cc(F)c(Cl)cc3Cl)c(Cl)cc2N1. The number of hydrogen-bond acceptors (Lipinski definition) is 3. The normalized spacial score (nSPS) is 12.9. The highest BCUT2D eigenvalue weighted by atomic mass is 35.5. The van der Waals surface area contributed by atoms with Gasteiger partial charge in [-0.1, -0.05) is 34.8 Å². The summed E-state index contributed by atoms with van der Waals surface area (Å²) in [6, 6.07) is 4.96. The molecular weight excluding hydrogens is 382 g/mol. The number of amides is 2. The first-order valence-electron chi connectivity index (χ1n) is 6.57. The average molecular weight is 390 g/mol. The van der Waals surface area contributed by atoms with Gasteiger partial charge < -0.3 is 15.4 Å². The van der Waals surface area contributed by atoms with Gasteiger partial charge in [0.15, 0.2) is 6.61 Å². The lowest BCUT2D eigenvalue weighted by Crippen LogP contribution is -2.25. The number of rotatable bonds is 2. The molecule has 0 spiro atoms. The topological polar surface area (TPSA) is 67.4 Å². The van der Waals surface area contributed by atoms with Crippen LogP contribution in [-0.4, -0.2) is 18.4 Å². The smallest absolute Gasteiger partial charge is 0.262 e. The summed E-state index contributed by atoms with van der Waals surface area (Å²) >= 11 is 17.6. The molecule has 2 aromatic carbocycles. The lowest BCUT2D eigenvalue weighted by molar-refractivity contribution is -0.118. The molecule has 0 aromatic heterocycles. The zero-order valence-electron chi connectivity index (χ0n) is 11.8. The minimum absolute atomic E-state index is 0.00324. The average Bonchev–Trinajstić information content (AvgIpc) is 2.51. The summed E-state index contributed by atoms with van der Waals surface area (Å²) in [6.45, 7) is -0.143. The van der Waals surface area contributed by atoms with E-state index in [0.29, 0.717) is 11.4 Å². The largest absolute Gasteiger partial charge is 0.482 e. The van der Waals surface area contributed by atoms with Crippen LogP contribution in [0.15, 0.2) is 24.3 Å². The molecule has 0 radical (unpaired) electrons. The maximum absolute atomic E-state index is 13.5. The molecule has 0 fully saturated rings. The Hall–Kier alpha value is -2.02. The number of benzene rings is 2. The second kappa shape index (κ2) is 6.47. The second-order valence-electron chi connectivity index (χ2n) is 4.87.